The van der Waals surface area contributed by atoms with Crippen LogP contribution in [0.5, 0.6) is 0 Å². The van der Waals surface area contributed by atoms with Crippen LogP contribution in [0.3, 0.4) is 0 Å². The van der Waals surface area contributed by atoms with E-state index < -0.39 is 5.54 Å². The van der Waals surface area contributed by atoms with E-state index in [-0.39, 0.29) is 11.8 Å². The second-order valence-corrected chi connectivity index (χ2v) is 5.14. The Morgan fingerprint density at radius 2 is 1.93 bits per heavy atom. The van der Waals surface area contributed by atoms with E-state index in [1.165, 1.54) is 0 Å². The third kappa shape index (κ3) is 2.31. The molecule has 0 aliphatic heterocycles. The minimum atomic E-state index is -0.549. The van der Waals surface area contributed by atoms with Crippen LogP contribution in [-0.4, -0.2) is 11.4 Å². The van der Waals surface area contributed by atoms with Gasteiger partial charge >= 0.3 is 0 Å². The zero-order valence-electron chi connectivity index (χ0n) is 9.25. The van der Waals surface area contributed by atoms with Gasteiger partial charge in [-0.05, 0) is 44.4 Å². The van der Waals surface area contributed by atoms with Crippen LogP contribution in [-0.2, 0) is 4.79 Å². The van der Waals surface area contributed by atoms with Crippen molar-refractivity contribution in [3.63, 3.8) is 0 Å². The highest BCUT2D eigenvalue weighted by molar-refractivity contribution is 5.82. The molecule has 0 aromatic rings. The maximum atomic E-state index is 11.7. The lowest BCUT2D eigenvalue weighted by Gasteiger charge is -2.34. The summed E-state index contributed by atoms with van der Waals surface area (Å²) in [6, 6.07) is 2.32. The molecule has 3 heteroatoms. The van der Waals surface area contributed by atoms with Crippen molar-refractivity contribution in [2.75, 3.05) is 0 Å². The highest BCUT2D eigenvalue weighted by Gasteiger charge is 2.39. The number of carbonyl (C=O) groups is 1. The van der Waals surface area contributed by atoms with Gasteiger partial charge in [0.05, 0.1) is 6.07 Å². The number of rotatable bonds is 2. The van der Waals surface area contributed by atoms with E-state index in [4.69, 9.17) is 0 Å². The van der Waals surface area contributed by atoms with Crippen molar-refractivity contribution in [2.24, 2.45) is 11.8 Å². The van der Waals surface area contributed by atoms with Crippen LogP contribution in [0, 0.1) is 23.2 Å². The van der Waals surface area contributed by atoms with Gasteiger partial charge in [0.15, 0.2) is 0 Å². The normalized spacial score (nSPS) is 35.6. The van der Waals surface area contributed by atoms with E-state index >= 15 is 0 Å². The van der Waals surface area contributed by atoms with E-state index in [2.05, 4.69) is 18.3 Å². The molecular formula is C12H18N2O. The van der Waals surface area contributed by atoms with Crippen molar-refractivity contribution < 1.29 is 4.79 Å². The van der Waals surface area contributed by atoms with Gasteiger partial charge in [-0.15, -0.1) is 0 Å². The molecule has 0 atom stereocenters. The molecule has 1 amide bonds. The van der Waals surface area contributed by atoms with Crippen molar-refractivity contribution >= 4 is 5.91 Å². The molecule has 82 valence electrons. The summed E-state index contributed by atoms with van der Waals surface area (Å²) in [4.78, 5) is 11.7. The predicted molar refractivity (Wildman–Crippen MR) is 56.8 cm³/mol. The Bertz CT molecular complexity index is 293. The van der Waals surface area contributed by atoms with Crippen molar-refractivity contribution in [3.05, 3.63) is 0 Å². The summed E-state index contributed by atoms with van der Waals surface area (Å²) in [5.41, 5.74) is -0.549. The van der Waals surface area contributed by atoms with Crippen LogP contribution < -0.4 is 5.32 Å². The zero-order chi connectivity index (χ0) is 10.9. The average Bonchev–Trinajstić information content (AvgIpc) is 3.05. The largest absolute Gasteiger partial charge is 0.338 e. The number of nitrogens with one attached hydrogen (secondary N) is 1. The molecule has 0 bridgehead atoms. The molecule has 0 radical (unpaired) electrons. The van der Waals surface area contributed by atoms with Crippen molar-refractivity contribution in [2.45, 2.75) is 51.0 Å². The number of nitrogens with zero attached hydrogens (tertiary/aromatic N) is 1. The molecule has 0 aromatic carbocycles. The monoisotopic (exact) mass is 206 g/mol. The highest BCUT2D eigenvalue weighted by Crippen LogP contribution is 2.34. The van der Waals surface area contributed by atoms with Crippen LogP contribution in [0.15, 0.2) is 0 Å². The van der Waals surface area contributed by atoms with Crippen LogP contribution in [0.2, 0.25) is 0 Å². The van der Waals surface area contributed by atoms with Crippen LogP contribution in [0.4, 0.5) is 0 Å². The lowest BCUT2D eigenvalue weighted by molar-refractivity contribution is -0.124. The first-order valence-electron chi connectivity index (χ1n) is 5.88. The molecule has 15 heavy (non-hydrogen) atoms. The Morgan fingerprint density at radius 1 is 1.33 bits per heavy atom. The quantitative estimate of drug-likeness (QED) is 0.751. The van der Waals surface area contributed by atoms with Crippen molar-refractivity contribution in [1.82, 2.24) is 5.32 Å². The summed E-state index contributed by atoms with van der Waals surface area (Å²) in [5.74, 6) is 1.00. The Hall–Kier alpha value is -1.04. The summed E-state index contributed by atoms with van der Waals surface area (Å²) >= 11 is 0. The molecule has 0 aromatic heterocycles. The molecular weight excluding hydrogens is 188 g/mol. The lowest BCUT2D eigenvalue weighted by Crippen LogP contribution is -2.50. The number of hydrogen-bond donors (Lipinski definition) is 1. The average molecular weight is 206 g/mol. The molecule has 1 N–H and O–H groups in total. The maximum Gasteiger partial charge on any atom is 0.224 e. The molecule has 2 fully saturated rings. The maximum absolute atomic E-state index is 11.7. The molecule has 2 rings (SSSR count). The molecule has 2 saturated carbocycles. The zero-order valence-corrected chi connectivity index (χ0v) is 9.25. The molecule has 2 aliphatic rings. The minimum absolute atomic E-state index is 0.103. The van der Waals surface area contributed by atoms with E-state index in [0.29, 0.717) is 5.92 Å². The van der Waals surface area contributed by atoms with Crippen LogP contribution >= 0.6 is 0 Å². The minimum Gasteiger partial charge on any atom is -0.338 e. The summed E-state index contributed by atoms with van der Waals surface area (Å²) < 4.78 is 0. The van der Waals surface area contributed by atoms with Gasteiger partial charge in [0.25, 0.3) is 0 Å². The molecule has 0 spiro atoms. The molecule has 0 heterocycles. The van der Waals surface area contributed by atoms with Gasteiger partial charge in [-0.2, -0.15) is 5.26 Å². The third-order valence-electron chi connectivity index (χ3n) is 3.65. The van der Waals surface area contributed by atoms with Crippen molar-refractivity contribution in [1.29, 1.82) is 5.26 Å². The number of nitriles is 1. The Labute approximate surface area is 90.8 Å². The van der Waals surface area contributed by atoms with Crippen LogP contribution in [0.25, 0.3) is 0 Å². The van der Waals surface area contributed by atoms with Gasteiger partial charge in [-0.25, -0.2) is 0 Å². The second-order valence-electron chi connectivity index (χ2n) is 5.14. The summed E-state index contributed by atoms with van der Waals surface area (Å²) in [6.45, 7) is 2.21. The van der Waals surface area contributed by atoms with Crippen LogP contribution in [0.1, 0.15) is 45.4 Å². The van der Waals surface area contributed by atoms with Gasteiger partial charge < -0.3 is 5.32 Å². The topological polar surface area (TPSA) is 52.9 Å². The van der Waals surface area contributed by atoms with Gasteiger partial charge in [-0.3, -0.25) is 4.79 Å². The number of carbonyl (C=O) groups excluding carboxylic acids is 1. The van der Waals surface area contributed by atoms with E-state index in [0.717, 1.165) is 38.5 Å². The van der Waals surface area contributed by atoms with Gasteiger partial charge in [0, 0.05) is 5.92 Å². The number of hydrogen-bond acceptors (Lipinski definition) is 2. The van der Waals surface area contributed by atoms with Gasteiger partial charge in [-0.1, -0.05) is 6.92 Å². The first kappa shape index (κ1) is 10.5. The fourth-order valence-electron chi connectivity index (χ4n) is 2.20. The molecule has 0 unspecified atom stereocenters. The van der Waals surface area contributed by atoms with E-state index in [1.54, 1.807) is 0 Å². The Kier molecular flexibility index (Phi) is 2.68. The standard InChI is InChI=1S/C12H18N2O/c1-9-4-6-12(8-13,7-5-9)14-11(15)10-2-3-10/h9-10H,2-7H2,1H3,(H,14,15). The fraction of sp³-hybridized carbons (Fsp3) is 0.833. The Morgan fingerprint density at radius 3 is 2.40 bits per heavy atom. The highest BCUT2D eigenvalue weighted by atomic mass is 16.2. The Balaban J connectivity index is 1.96. The van der Waals surface area contributed by atoms with Gasteiger partial charge in [0.1, 0.15) is 5.54 Å². The second kappa shape index (κ2) is 3.84. The van der Waals surface area contributed by atoms with E-state index in [9.17, 15) is 10.1 Å². The molecule has 3 nitrogen and oxygen atoms in total. The molecule has 0 saturated heterocycles. The summed E-state index contributed by atoms with van der Waals surface area (Å²) in [5, 5.41) is 12.2. The number of amides is 1. The lowest BCUT2D eigenvalue weighted by atomic mass is 9.78. The van der Waals surface area contributed by atoms with Gasteiger partial charge in [0.2, 0.25) is 5.91 Å². The first-order chi connectivity index (χ1) is 7.15. The third-order valence-corrected chi connectivity index (χ3v) is 3.65. The van der Waals surface area contributed by atoms with E-state index in [1.807, 2.05) is 0 Å². The van der Waals surface area contributed by atoms with Crippen molar-refractivity contribution in [3.8, 4) is 6.07 Å². The summed E-state index contributed by atoms with van der Waals surface area (Å²) in [7, 11) is 0. The smallest absolute Gasteiger partial charge is 0.224 e. The first-order valence-corrected chi connectivity index (χ1v) is 5.88. The fourth-order valence-corrected chi connectivity index (χ4v) is 2.20. The molecule has 2 aliphatic carbocycles. The predicted octanol–water partition coefficient (Wildman–Crippen LogP) is 1.99. The SMILES string of the molecule is CC1CCC(C#N)(NC(=O)C2CC2)CC1. The summed E-state index contributed by atoms with van der Waals surface area (Å²) in [6.07, 6.45) is 5.76.